The monoisotopic (exact) mass is 229 g/mol. The molecule has 0 aliphatic carbocycles. The maximum absolute atomic E-state index is 3.13. The molecule has 0 bridgehead atoms. The highest BCUT2D eigenvalue weighted by Crippen LogP contribution is 2.20. The number of allylic oxidation sites excluding steroid dienone is 4. The van der Waals surface area contributed by atoms with Crippen LogP contribution in [-0.4, -0.2) is 7.05 Å². The molecule has 0 unspecified atom stereocenters. The standard InChI is InChI=1S/C16H23N/c1-6-14(12(2)3)11-13(4)15-7-9-16(17-5)10-8-15/h7-11,17H,6H2,1-5H3/b13-11+. The maximum atomic E-state index is 3.13. The van der Waals surface area contributed by atoms with Gasteiger partial charge in [0.15, 0.2) is 0 Å². The lowest BCUT2D eigenvalue weighted by Crippen LogP contribution is -1.88. The second-order valence-electron chi connectivity index (χ2n) is 4.53. The van der Waals surface area contributed by atoms with E-state index in [0.717, 1.165) is 12.1 Å². The van der Waals surface area contributed by atoms with Crippen LogP contribution in [-0.2, 0) is 0 Å². The lowest BCUT2D eigenvalue weighted by molar-refractivity contribution is 1.10. The van der Waals surface area contributed by atoms with E-state index >= 15 is 0 Å². The predicted octanol–water partition coefficient (Wildman–Crippen LogP) is 4.88. The minimum atomic E-state index is 1.09. The van der Waals surface area contributed by atoms with Crippen LogP contribution in [0.5, 0.6) is 0 Å². The first kappa shape index (κ1) is 13.6. The number of anilines is 1. The van der Waals surface area contributed by atoms with Crippen molar-refractivity contribution in [2.24, 2.45) is 0 Å². The highest BCUT2D eigenvalue weighted by atomic mass is 14.8. The number of hydrogen-bond donors (Lipinski definition) is 1. The van der Waals surface area contributed by atoms with E-state index in [9.17, 15) is 0 Å². The Balaban J connectivity index is 2.99. The van der Waals surface area contributed by atoms with Crippen molar-refractivity contribution in [2.45, 2.75) is 34.1 Å². The Morgan fingerprint density at radius 2 is 1.71 bits per heavy atom. The van der Waals surface area contributed by atoms with Crippen LogP contribution in [0.3, 0.4) is 0 Å². The normalized spacial score (nSPS) is 11.2. The van der Waals surface area contributed by atoms with Crippen molar-refractivity contribution in [3.8, 4) is 0 Å². The van der Waals surface area contributed by atoms with Crippen molar-refractivity contribution in [2.75, 3.05) is 12.4 Å². The fourth-order valence-electron chi connectivity index (χ4n) is 1.84. The average molecular weight is 229 g/mol. The van der Waals surface area contributed by atoms with Crippen LogP contribution in [0.2, 0.25) is 0 Å². The van der Waals surface area contributed by atoms with Crippen LogP contribution in [0.1, 0.15) is 39.7 Å². The lowest BCUT2D eigenvalue weighted by Gasteiger charge is -2.07. The summed E-state index contributed by atoms with van der Waals surface area (Å²) in [4.78, 5) is 0. The van der Waals surface area contributed by atoms with E-state index in [2.05, 4.69) is 63.4 Å². The summed E-state index contributed by atoms with van der Waals surface area (Å²) in [5, 5.41) is 3.13. The summed E-state index contributed by atoms with van der Waals surface area (Å²) in [6.07, 6.45) is 3.39. The molecule has 1 rings (SSSR count). The van der Waals surface area contributed by atoms with Gasteiger partial charge in [-0.2, -0.15) is 0 Å². The maximum Gasteiger partial charge on any atom is 0.0337 e. The van der Waals surface area contributed by atoms with E-state index < -0.39 is 0 Å². The number of rotatable bonds is 4. The van der Waals surface area contributed by atoms with Crippen LogP contribution in [0.4, 0.5) is 5.69 Å². The van der Waals surface area contributed by atoms with Crippen molar-refractivity contribution in [1.82, 2.24) is 0 Å². The molecule has 0 heterocycles. The minimum Gasteiger partial charge on any atom is -0.388 e. The molecule has 1 N–H and O–H groups in total. The zero-order chi connectivity index (χ0) is 12.8. The van der Waals surface area contributed by atoms with Crippen LogP contribution in [0.15, 0.2) is 41.5 Å². The van der Waals surface area contributed by atoms with Crippen LogP contribution >= 0.6 is 0 Å². The number of nitrogens with one attached hydrogen (secondary N) is 1. The molecule has 1 aromatic carbocycles. The summed E-state index contributed by atoms with van der Waals surface area (Å²) in [6, 6.07) is 8.55. The fourth-order valence-corrected chi connectivity index (χ4v) is 1.84. The van der Waals surface area contributed by atoms with Gasteiger partial charge in [0.05, 0.1) is 0 Å². The Hall–Kier alpha value is -1.50. The van der Waals surface area contributed by atoms with Crippen molar-refractivity contribution < 1.29 is 0 Å². The van der Waals surface area contributed by atoms with Gasteiger partial charge in [0.25, 0.3) is 0 Å². The zero-order valence-corrected chi connectivity index (χ0v) is 11.6. The molecule has 1 aromatic rings. The van der Waals surface area contributed by atoms with Gasteiger partial charge < -0.3 is 5.32 Å². The topological polar surface area (TPSA) is 12.0 Å². The molecule has 0 aliphatic heterocycles. The molecule has 0 radical (unpaired) electrons. The van der Waals surface area contributed by atoms with Crippen LogP contribution in [0.25, 0.3) is 5.57 Å². The summed E-state index contributed by atoms with van der Waals surface area (Å²) in [5.41, 5.74) is 6.60. The summed E-state index contributed by atoms with van der Waals surface area (Å²) in [7, 11) is 1.94. The molecule has 1 nitrogen and oxygen atoms in total. The SMILES string of the molecule is CCC(/C=C(\C)c1ccc(NC)cc1)=C(C)C. The average Bonchev–Trinajstić information content (AvgIpc) is 2.35. The van der Waals surface area contributed by atoms with Gasteiger partial charge in [0, 0.05) is 12.7 Å². The molecule has 17 heavy (non-hydrogen) atoms. The van der Waals surface area contributed by atoms with E-state index in [0.29, 0.717) is 0 Å². The van der Waals surface area contributed by atoms with Crippen LogP contribution < -0.4 is 5.32 Å². The third kappa shape index (κ3) is 3.77. The Kier molecular flexibility index (Phi) is 5.02. The molecule has 0 atom stereocenters. The largest absolute Gasteiger partial charge is 0.388 e. The molecule has 0 saturated carbocycles. The molecule has 1 heteroatoms. The highest BCUT2D eigenvalue weighted by Gasteiger charge is 1.98. The number of benzene rings is 1. The van der Waals surface area contributed by atoms with Crippen molar-refractivity contribution in [1.29, 1.82) is 0 Å². The molecule has 0 fully saturated rings. The summed E-state index contributed by atoms with van der Waals surface area (Å²) >= 11 is 0. The second-order valence-corrected chi connectivity index (χ2v) is 4.53. The lowest BCUT2D eigenvalue weighted by atomic mass is 10.0. The van der Waals surface area contributed by atoms with Gasteiger partial charge in [0.2, 0.25) is 0 Å². The highest BCUT2D eigenvalue weighted by molar-refractivity contribution is 5.68. The van der Waals surface area contributed by atoms with Gasteiger partial charge in [-0.15, -0.1) is 0 Å². The second kappa shape index (κ2) is 6.29. The molecular weight excluding hydrogens is 206 g/mol. The van der Waals surface area contributed by atoms with Gasteiger partial charge in [-0.25, -0.2) is 0 Å². The summed E-state index contributed by atoms with van der Waals surface area (Å²) in [5.74, 6) is 0. The van der Waals surface area contributed by atoms with Crippen molar-refractivity contribution >= 4 is 11.3 Å². The Labute approximate surface area is 105 Å². The Bertz CT molecular complexity index is 417. The van der Waals surface area contributed by atoms with Gasteiger partial charge in [-0.05, 0) is 56.0 Å². The Morgan fingerprint density at radius 3 is 2.12 bits per heavy atom. The summed E-state index contributed by atoms with van der Waals surface area (Å²) < 4.78 is 0. The molecule has 0 aliphatic rings. The molecule has 0 saturated heterocycles. The molecular formula is C16H23N. The van der Waals surface area contributed by atoms with E-state index in [1.165, 1.54) is 22.3 Å². The van der Waals surface area contributed by atoms with Crippen molar-refractivity contribution in [3.05, 3.63) is 47.1 Å². The predicted molar refractivity (Wildman–Crippen MR) is 78.3 cm³/mol. The van der Waals surface area contributed by atoms with Gasteiger partial charge >= 0.3 is 0 Å². The molecule has 0 aromatic heterocycles. The van der Waals surface area contributed by atoms with Gasteiger partial charge in [-0.3, -0.25) is 0 Å². The first-order chi connectivity index (χ1) is 8.08. The quantitative estimate of drug-likeness (QED) is 0.726. The molecule has 0 spiro atoms. The molecule has 0 amide bonds. The fraction of sp³-hybridized carbons (Fsp3) is 0.375. The van der Waals surface area contributed by atoms with E-state index in [1.54, 1.807) is 0 Å². The first-order valence-electron chi connectivity index (χ1n) is 6.21. The van der Waals surface area contributed by atoms with Gasteiger partial charge in [0.1, 0.15) is 0 Å². The zero-order valence-electron chi connectivity index (χ0n) is 11.6. The van der Waals surface area contributed by atoms with Crippen LogP contribution in [0, 0.1) is 0 Å². The third-order valence-electron chi connectivity index (χ3n) is 3.04. The van der Waals surface area contributed by atoms with E-state index in [-0.39, 0.29) is 0 Å². The van der Waals surface area contributed by atoms with Gasteiger partial charge in [-0.1, -0.05) is 30.7 Å². The Morgan fingerprint density at radius 1 is 1.12 bits per heavy atom. The summed E-state index contributed by atoms with van der Waals surface area (Å²) in [6.45, 7) is 8.72. The van der Waals surface area contributed by atoms with Crippen molar-refractivity contribution in [3.63, 3.8) is 0 Å². The van der Waals surface area contributed by atoms with E-state index in [1.807, 2.05) is 7.05 Å². The number of hydrogen-bond acceptors (Lipinski definition) is 1. The first-order valence-corrected chi connectivity index (χ1v) is 6.21. The minimum absolute atomic E-state index is 1.09. The van der Waals surface area contributed by atoms with E-state index in [4.69, 9.17) is 0 Å². The third-order valence-corrected chi connectivity index (χ3v) is 3.04. The smallest absolute Gasteiger partial charge is 0.0337 e. The molecule has 92 valence electrons.